The zero-order chi connectivity index (χ0) is 11.3. The van der Waals surface area contributed by atoms with E-state index < -0.39 is 0 Å². The van der Waals surface area contributed by atoms with Gasteiger partial charge in [0.25, 0.3) is 0 Å². The summed E-state index contributed by atoms with van der Waals surface area (Å²) in [5.74, 6) is 0.928. The van der Waals surface area contributed by atoms with Crippen LogP contribution in [0.5, 0.6) is 0 Å². The molecule has 0 fully saturated rings. The Balaban J connectivity index is 3.00. The lowest BCUT2D eigenvalue weighted by atomic mass is 10.2. The van der Waals surface area contributed by atoms with E-state index in [0.29, 0.717) is 12.6 Å². The molecule has 15 heavy (non-hydrogen) atoms. The lowest BCUT2D eigenvalue weighted by molar-refractivity contribution is 0.615. The minimum absolute atomic E-state index is 0.469. The molecular formula is C11H20N4. The fourth-order valence-electron chi connectivity index (χ4n) is 1.64. The van der Waals surface area contributed by atoms with Crippen LogP contribution in [0.3, 0.4) is 0 Å². The van der Waals surface area contributed by atoms with Gasteiger partial charge >= 0.3 is 0 Å². The molecule has 1 heterocycles. The molecule has 0 aliphatic heterocycles. The predicted molar refractivity (Wildman–Crippen MR) is 62.7 cm³/mol. The number of aromatic nitrogens is 2. The van der Waals surface area contributed by atoms with Gasteiger partial charge in [0.2, 0.25) is 0 Å². The fourth-order valence-corrected chi connectivity index (χ4v) is 1.64. The third kappa shape index (κ3) is 2.65. The van der Waals surface area contributed by atoms with Gasteiger partial charge in [-0.3, -0.25) is 0 Å². The second kappa shape index (κ2) is 5.66. The Morgan fingerprint density at radius 3 is 2.73 bits per heavy atom. The van der Waals surface area contributed by atoms with E-state index in [9.17, 15) is 0 Å². The smallest absolute Gasteiger partial charge is 0.155 e. The molecule has 0 radical (unpaired) electrons. The van der Waals surface area contributed by atoms with E-state index in [0.717, 1.165) is 24.3 Å². The maximum Gasteiger partial charge on any atom is 0.155 e. The Labute approximate surface area is 91.5 Å². The van der Waals surface area contributed by atoms with Gasteiger partial charge in [-0.2, -0.15) is 5.10 Å². The zero-order valence-electron chi connectivity index (χ0n) is 9.77. The van der Waals surface area contributed by atoms with Gasteiger partial charge in [0.1, 0.15) is 0 Å². The molecule has 84 valence electrons. The largest absolute Gasteiger partial charge is 0.352 e. The van der Waals surface area contributed by atoms with E-state index in [-0.39, 0.29) is 0 Å². The van der Waals surface area contributed by atoms with Crippen LogP contribution in [0.2, 0.25) is 0 Å². The quantitative estimate of drug-likeness (QED) is 0.798. The van der Waals surface area contributed by atoms with Gasteiger partial charge in [-0.15, -0.1) is 5.10 Å². The molecule has 0 aliphatic rings. The van der Waals surface area contributed by atoms with Crippen LogP contribution in [0.4, 0.5) is 5.82 Å². The fraction of sp³-hybridized carbons (Fsp3) is 0.636. The van der Waals surface area contributed by atoms with Crippen LogP contribution in [0.1, 0.15) is 32.8 Å². The second-order valence-electron chi connectivity index (χ2n) is 3.63. The summed E-state index contributed by atoms with van der Waals surface area (Å²) in [5, 5.41) is 8.12. The van der Waals surface area contributed by atoms with Crippen molar-refractivity contribution in [3.63, 3.8) is 0 Å². The van der Waals surface area contributed by atoms with Gasteiger partial charge in [0.05, 0.1) is 6.20 Å². The van der Waals surface area contributed by atoms with E-state index in [1.54, 1.807) is 6.20 Å². The standard InChI is InChI=1S/C11H20N4/c1-4-9(3)15(5-2)11-10(8-12)6-7-13-14-11/h6-7,9H,4-5,8,12H2,1-3H3. The summed E-state index contributed by atoms with van der Waals surface area (Å²) in [6.45, 7) is 7.93. The van der Waals surface area contributed by atoms with Gasteiger partial charge in [0, 0.05) is 24.7 Å². The molecule has 2 N–H and O–H groups in total. The highest BCUT2D eigenvalue weighted by Gasteiger charge is 2.15. The van der Waals surface area contributed by atoms with Crippen LogP contribution in [0.15, 0.2) is 12.3 Å². The summed E-state index contributed by atoms with van der Waals surface area (Å²) in [6.07, 6.45) is 2.78. The molecule has 0 spiro atoms. The monoisotopic (exact) mass is 208 g/mol. The Kier molecular flexibility index (Phi) is 4.49. The minimum Gasteiger partial charge on any atom is -0.352 e. The topological polar surface area (TPSA) is 55.0 Å². The molecule has 0 aliphatic carbocycles. The number of rotatable bonds is 5. The van der Waals surface area contributed by atoms with Crippen molar-refractivity contribution in [2.75, 3.05) is 11.4 Å². The van der Waals surface area contributed by atoms with Gasteiger partial charge in [-0.05, 0) is 26.3 Å². The number of nitrogens with zero attached hydrogens (tertiary/aromatic N) is 3. The van der Waals surface area contributed by atoms with Crippen LogP contribution < -0.4 is 10.6 Å². The Morgan fingerprint density at radius 1 is 1.47 bits per heavy atom. The molecule has 4 nitrogen and oxygen atoms in total. The lowest BCUT2D eigenvalue weighted by Crippen LogP contribution is -2.34. The van der Waals surface area contributed by atoms with Crippen LogP contribution in [0, 0.1) is 0 Å². The van der Waals surface area contributed by atoms with Crippen LogP contribution >= 0.6 is 0 Å². The molecule has 1 aromatic heterocycles. The van der Waals surface area contributed by atoms with Gasteiger partial charge in [0.15, 0.2) is 5.82 Å². The molecule has 1 rings (SSSR count). The molecule has 0 aromatic carbocycles. The maximum absolute atomic E-state index is 5.69. The van der Waals surface area contributed by atoms with Crippen LogP contribution in [-0.2, 0) is 6.54 Å². The first-order chi connectivity index (χ1) is 7.24. The number of hydrogen-bond donors (Lipinski definition) is 1. The van der Waals surface area contributed by atoms with Crippen molar-refractivity contribution in [1.29, 1.82) is 0 Å². The van der Waals surface area contributed by atoms with Gasteiger partial charge < -0.3 is 10.6 Å². The van der Waals surface area contributed by atoms with Crippen molar-refractivity contribution in [3.8, 4) is 0 Å². The SMILES string of the molecule is CCC(C)N(CC)c1nnccc1CN. The first-order valence-corrected chi connectivity index (χ1v) is 5.51. The van der Waals surface area contributed by atoms with Crippen LogP contribution in [0.25, 0.3) is 0 Å². The molecule has 1 aromatic rings. The normalized spacial score (nSPS) is 12.5. The first-order valence-electron chi connectivity index (χ1n) is 5.51. The van der Waals surface area contributed by atoms with E-state index in [1.807, 2.05) is 6.07 Å². The van der Waals surface area contributed by atoms with E-state index in [2.05, 4.69) is 35.9 Å². The summed E-state index contributed by atoms with van der Waals surface area (Å²) in [4.78, 5) is 2.25. The predicted octanol–water partition coefficient (Wildman–Crippen LogP) is 1.56. The van der Waals surface area contributed by atoms with Crippen molar-refractivity contribution in [1.82, 2.24) is 10.2 Å². The van der Waals surface area contributed by atoms with Crippen molar-refractivity contribution in [2.24, 2.45) is 5.73 Å². The summed E-state index contributed by atoms with van der Waals surface area (Å²) in [6, 6.07) is 2.41. The zero-order valence-corrected chi connectivity index (χ0v) is 9.77. The average Bonchev–Trinajstić information content (AvgIpc) is 2.30. The van der Waals surface area contributed by atoms with Crippen LogP contribution in [-0.4, -0.2) is 22.8 Å². The summed E-state index contributed by atoms with van der Waals surface area (Å²) in [5.41, 5.74) is 6.75. The number of hydrogen-bond acceptors (Lipinski definition) is 4. The first kappa shape index (κ1) is 11.9. The molecule has 0 amide bonds. The highest BCUT2D eigenvalue weighted by atomic mass is 15.3. The minimum atomic E-state index is 0.469. The van der Waals surface area contributed by atoms with Crippen molar-refractivity contribution < 1.29 is 0 Å². The molecule has 1 atom stereocenters. The third-order valence-corrected chi connectivity index (χ3v) is 2.74. The Morgan fingerprint density at radius 2 is 2.20 bits per heavy atom. The van der Waals surface area contributed by atoms with Crippen molar-refractivity contribution in [3.05, 3.63) is 17.8 Å². The molecular weight excluding hydrogens is 188 g/mol. The maximum atomic E-state index is 5.69. The van der Waals surface area contributed by atoms with Crippen molar-refractivity contribution in [2.45, 2.75) is 39.8 Å². The van der Waals surface area contributed by atoms with Crippen molar-refractivity contribution >= 4 is 5.82 Å². The van der Waals surface area contributed by atoms with E-state index in [4.69, 9.17) is 5.73 Å². The molecule has 4 heteroatoms. The average molecular weight is 208 g/mol. The number of anilines is 1. The van der Waals surface area contributed by atoms with E-state index >= 15 is 0 Å². The molecule has 0 saturated heterocycles. The highest BCUT2D eigenvalue weighted by molar-refractivity contribution is 5.46. The summed E-state index contributed by atoms with van der Waals surface area (Å²) < 4.78 is 0. The van der Waals surface area contributed by atoms with Gasteiger partial charge in [-0.25, -0.2) is 0 Å². The molecule has 0 bridgehead atoms. The highest BCUT2D eigenvalue weighted by Crippen LogP contribution is 2.19. The second-order valence-corrected chi connectivity index (χ2v) is 3.63. The molecule has 1 unspecified atom stereocenters. The molecule has 0 saturated carbocycles. The Bertz CT molecular complexity index is 300. The summed E-state index contributed by atoms with van der Waals surface area (Å²) in [7, 11) is 0. The lowest BCUT2D eigenvalue weighted by Gasteiger charge is -2.29. The van der Waals surface area contributed by atoms with E-state index in [1.165, 1.54) is 0 Å². The van der Waals surface area contributed by atoms with Gasteiger partial charge in [-0.1, -0.05) is 6.92 Å². The third-order valence-electron chi connectivity index (χ3n) is 2.74. The Hall–Kier alpha value is -1.16. The summed E-state index contributed by atoms with van der Waals surface area (Å²) >= 11 is 0. The number of nitrogens with two attached hydrogens (primary N) is 1.